The molecular weight excluding hydrogens is 218 g/mol. The summed E-state index contributed by atoms with van der Waals surface area (Å²) in [6.45, 7) is 6.78. The van der Waals surface area contributed by atoms with Crippen LogP contribution in [-0.4, -0.2) is 50.2 Å². The monoisotopic (exact) mass is 239 g/mol. The molecule has 0 radical (unpaired) electrons. The summed E-state index contributed by atoms with van der Waals surface area (Å²) < 4.78 is 5.02. The van der Waals surface area contributed by atoms with Crippen molar-refractivity contribution in [2.24, 2.45) is 5.41 Å². The van der Waals surface area contributed by atoms with E-state index in [0.717, 1.165) is 6.54 Å². The van der Waals surface area contributed by atoms with E-state index in [1.807, 2.05) is 0 Å². The van der Waals surface area contributed by atoms with Crippen LogP contribution in [0, 0.1) is 16.7 Å². The van der Waals surface area contributed by atoms with Crippen LogP contribution in [0.5, 0.6) is 0 Å². The first-order valence-electron chi connectivity index (χ1n) is 5.88. The molecule has 1 N–H and O–H groups in total. The number of nitrogens with zero attached hydrogens (tertiary/aromatic N) is 2. The molecule has 0 aromatic heterocycles. The minimum absolute atomic E-state index is 0.00850. The van der Waals surface area contributed by atoms with E-state index in [1.165, 1.54) is 0 Å². The van der Waals surface area contributed by atoms with Gasteiger partial charge < -0.3 is 15.0 Å². The van der Waals surface area contributed by atoms with Gasteiger partial charge in [0.25, 0.3) is 0 Å². The molecule has 1 aliphatic heterocycles. The van der Waals surface area contributed by atoms with Gasteiger partial charge in [-0.3, -0.25) is 4.79 Å². The SMILES string of the molecule is COCCN1CC(C)(C)CNC(CC#N)C1=O. The van der Waals surface area contributed by atoms with E-state index in [1.54, 1.807) is 12.0 Å². The number of hydrogen-bond donors (Lipinski definition) is 1. The largest absolute Gasteiger partial charge is 0.383 e. The highest BCUT2D eigenvalue weighted by atomic mass is 16.5. The Morgan fingerprint density at radius 1 is 1.65 bits per heavy atom. The lowest BCUT2D eigenvalue weighted by atomic mass is 9.93. The highest BCUT2D eigenvalue weighted by molar-refractivity contribution is 5.82. The Balaban J connectivity index is 2.76. The third-order valence-corrected chi connectivity index (χ3v) is 2.92. The standard InChI is InChI=1S/C12H21N3O2/c1-12(2)8-14-10(4-5-13)11(16)15(9-12)6-7-17-3/h10,14H,4,6-9H2,1-3H3. The smallest absolute Gasteiger partial charge is 0.240 e. The molecule has 5 heteroatoms. The van der Waals surface area contributed by atoms with Crippen LogP contribution in [0.15, 0.2) is 0 Å². The predicted molar refractivity (Wildman–Crippen MR) is 64.3 cm³/mol. The van der Waals surface area contributed by atoms with Crippen LogP contribution in [0.3, 0.4) is 0 Å². The molecule has 1 heterocycles. The molecule has 0 aromatic rings. The molecule has 1 saturated heterocycles. The first kappa shape index (κ1) is 13.9. The number of amides is 1. The molecule has 1 atom stereocenters. The Morgan fingerprint density at radius 3 is 2.94 bits per heavy atom. The van der Waals surface area contributed by atoms with Crippen molar-refractivity contribution in [1.82, 2.24) is 10.2 Å². The van der Waals surface area contributed by atoms with E-state index in [0.29, 0.717) is 19.7 Å². The fourth-order valence-electron chi connectivity index (χ4n) is 2.00. The van der Waals surface area contributed by atoms with E-state index in [4.69, 9.17) is 10.00 Å². The molecule has 1 amide bonds. The van der Waals surface area contributed by atoms with Crippen molar-refractivity contribution in [2.75, 3.05) is 33.4 Å². The van der Waals surface area contributed by atoms with Crippen molar-refractivity contribution in [1.29, 1.82) is 5.26 Å². The summed E-state index contributed by atoms with van der Waals surface area (Å²) in [7, 11) is 1.62. The number of methoxy groups -OCH3 is 1. The van der Waals surface area contributed by atoms with Gasteiger partial charge in [-0.25, -0.2) is 0 Å². The average molecular weight is 239 g/mol. The van der Waals surface area contributed by atoms with E-state index >= 15 is 0 Å². The number of carbonyl (C=O) groups is 1. The maximum atomic E-state index is 12.2. The van der Waals surface area contributed by atoms with Crippen LogP contribution >= 0.6 is 0 Å². The van der Waals surface area contributed by atoms with E-state index in [9.17, 15) is 4.79 Å². The van der Waals surface area contributed by atoms with Crippen molar-refractivity contribution in [3.8, 4) is 6.07 Å². The Kier molecular flexibility index (Phi) is 4.91. The maximum Gasteiger partial charge on any atom is 0.240 e. The van der Waals surface area contributed by atoms with Gasteiger partial charge in [0.15, 0.2) is 0 Å². The Morgan fingerprint density at radius 2 is 2.35 bits per heavy atom. The van der Waals surface area contributed by atoms with Gasteiger partial charge in [-0.1, -0.05) is 13.8 Å². The molecule has 96 valence electrons. The van der Waals surface area contributed by atoms with Gasteiger partial charge in [0, 0.05) is 26.7 Å². The third kappa shape index (κ3) is 3.99. The first-order chi connectivity index (χ1) is 8.00. The highest BCUT2D eigenvalue weighted by Crippen LogP contribution is 2.20. The summed E-state index contributed by atoms with van der Waals surface area (Å²) >= 11 is 0. The number of rotatable bonds is 4. The van der Waals surface area contributed by atoms with Gasteiger partial charge in [-0.05, 0) is 5.41 Å². The molecule has 1 aliphatic rings. The number of nitriles is 1. The lowest BCUT2D eigenvalue weighted by Gasteiger charge is -2.29. The van der Waals surface area contributed by atoms with Crippen molar-refractivity contribution in [2.45, 2.75) is 26.3 Å². The van der Waals surface area contributed by atoms with Crippen molar-refractivity contribution < 1.29 is 9.53 Å². The summed E-state index contributed by atoms with van der Waals surface area (Å²) in [5, 5.41) is 11.9. The van der Waals surface area contributed by atoms with E-state index in [-0.39, 0.29) is 23.8 Å². The third-order valence-electron chi connectivity index (χ3n) is 2.92. The lowest BCUT2D eigenvalue weighted by molar-refractivity contribution is -0.133. The minimum atomic E-state index is -0.376. The minimum Gasteiger partial charge on any atom is -0.383 e. The van der Waals surface area contributed by atoms with Crippen LogP contribution in [0.2, 0.25) is 0 Å². The number of carbonyl (C=O) groups excluding carboxylic acids is 1. The second-order valence-electron chi connectivity index (χ2n) is 5.21. The zero-order valence-electron chi connectivity index (χ0n) is 10.8. The van der Waals surface area contributed by atoms with Crippen molar-refractivity contribution in [3.05, 3.63) is 0 Å². The summed E-state index contributed by atoms with van der Waals surface area (Å²) in [6, 6.07) is 1.68. The normalized spacial score (nSPS) is 24.2. The van der Waals surface area contributed by atoms with E-state index < -0.39 is 0 Å². The molecule has 1 fully saturated rings. The molecule has 17 heavy (non-hydrogen) atoms. The van der Waals surface area contributed by atoms with Crippen LogP contribution in [0.1, 0.15) is 20.3 Å². The first-order valence-corrected chi connectivity index (χ1v) is 5.88. The quantitative estimate of drug-likeness (QED) is 0.770. The maximum absolute atomic E-state index is 12.2. The fraction of sp³-hybridized carbons (Fsp3) is 0.833. The Hall–Kier alpha value is -1.12. The van der Waals surface area contributed by atoms with Gasteiger partial charge in [0.05, 0.1) is 25.1 Å². The molecule has 0 aromatic carbocycles. The molecule has 0 saturated carbocycles. The van der Waals surface area contributed by atoms with Crippen LogP contribution in [0.25, 0.3) is 0 Å². The molecule has 0 bridgehead atoms. The van der Waals surface area contributed by atoms with Crippen molar-refractivity contribution >= 4 is 5.91 Å². The Labute approximate surface area is 103 Å². The summed E-state index contributed by atoms with van der Waals surface area (Å²) in [6.07, 6.45) is 0.221. The van der Waals surface area contributed by atoms with Crippen LogP contribution in [-0.2, 0) is 9.53 Å². The van der Waals surface area contributed by atoms with Gasteiger partial charge in [-0.15, -0.1) is 0 Å². The zero-order valence-corrected chi connectivity index (χ0v) is 10.8. The molecular formula is C12H21N3O2. The van der Waals surface area contributed by atoms with Crippen molar-refractivity contribution in [3.63, 3.8) is 0 Å². The summed E-state index contributed by atoms with van der Waals surface area (Å²) in [5.41, 5.74) is 0.0214. The van der Waals surface area contributed by atoms with Gasteiger partial charge >= 0.3 is 0 Å². The zero-order chi connectivity index (χ0) is 12.9. The Bertz CT molecular complexity index is 309. The molecule has 1 unspecified atom stereocenters. The van der Waals surface area contributed by atoms with Crippen LogP contribution < -0.4 is 5.32 Å². The molecule has 1 rings (SSSR count). The number of ether oxygens (including phenoxy) is 1. The highest BCUT2D eigenvalue weighted by Gasteiger charge is 2.33. The molecule has 0 spiro atoms. The second-order valence-corrected chi connectivity index (χ2v) is 5.21. The van der Waals surface area contributed by atoms with Gasteiger partial charge in [-0.2, -0.15) is 5.26 Å². The lowest BCUT2D eigenvalue weighted by Crippen LogP contribution is -2.44. The topological polar surface area (TPSA) is 65.4 Å². The fourth-order valence-corrected chi connectivity index (χ4v) is 2.00. The van der Waals surface area contributed by atoms with Crippen LogP contribution in [0.4, 0.5) is 0 Å². The summed E-state index contributed by atoms with van der Waals surface area (Å²) in [5.74, 6) is 0.00850. The van der Waals surface area contributed by atoms with Gasteiger partial charge in [0.2, 0.25) is 5.91 Å². The molecule has 5 nitrogen and oxygen atoms in total. The second kappa shape index (κ2) is 5.99. The summed E-state index contributed by atoms with van der Waals surface area (Å²) in [4.78, 5) is 14.0. The molecule has 0 aliphatic carbocycles. The van der Waals surface area contributed by atoms with E-state index in [2.05, 4.69) is 25.2 Å². The average Bonchev–Trinajstić information content (AvgIpc) is 2.38. The predicted octanol–water partition coefficient (Wildman–Crippen LogP) is 0.373. The number of hydrogen-bond acceptors (Lipinski definition) is 4. The van der Waals surface area contributed by atoms with Gasteiger partial charge in [0.1, 0.15) is 0 Å². The number of nitrogens with one attached hydrogen (secondary N) is 1.